The molecule has 2 unspecified atom stereocenters. The Labute approximate surface area is 238 Å². The van der Waals surface area contributed by atoms with Crippen LogP contribution in [0.1, 0.15) is 36.2 Å². The van der Waals surface area contributed by atoms with Crippen LogP contribution in [0.3, 0.4) is 0 Å². The van der Waals surface area contributed by atoms with Crippen LogP contribution in [-0.4, -0.2) is 108 Å². The summed E-state index contributed by atoms with van der Waals surface area (Å²) in [5.74, 6) is -2.27. The van der Waals surface area contributed by atoms with Gasteiger partial charge in [-0.25, -0.2) is 4.90 Å². The lowest BCUT2D eigenvalue weighted by Crippen LogP contribution is -2.53. The molecule has 2 fully saturated rings. The predicted molar refractivity (Wildman–Crippen MR) is 146 cm³/mol. The number of amides is 2. The fourth-order valence-corrected chi connectivity index (χ4v) is 5.08. The number of aliphatic hydroxyl groups is 1. The van der Waals surface area contributed by atoms with Crippen LogP contribution in [-0.2, 0) is 4.79 Å². The lowest BCUT2D eigenvalue weighted by Gasteiger charge is -2.37. The second kappa shape index (κ2) is 13.8. The molecule has 0 spiro atoms. The Hall–Kier alpha value is -2.70. The van der Waals surface area contributed by atoms with E-state index < -0.39 is 48.2 Å². The van der Waals surface area contributed by atoms with Crippen molar-refractivity contribution in [2.45, 2.75) is 31.4 Å². The van der Waals surface area contributed by atoms with Gasteiger partial charge in [0.2, 0.25) is 5.91 Å². The number of piperazine rings is 1. The van der Waals surface area contributed by atoms with E-state index in [0.29, 0.717) is 37.6 Å². The summed E-state index contributed by atoms with van der Waals surface area (Å²) in [6.07, 6.45) is -6.59. The van der Waals surface area contributed by atoms with Crippen LogP contribution in [0.25, 0.3) is 0 Å². The molecule has 2 aliphatic rings. The molecule has 8 nitrogen and oxygen atoms in total. The van der Waals surface area contributed by atoms with Gasteiger partial charge < -0.3 is 10.4 Å². The Balaban J connectivity index is 1.24. The van der Waals surface area contributed by atoms with Gasteiger partial charge in [-0.3, -0.25) is 24.3 Å². The highest BCUT2D eigenvalue weighted by Gasteiger charge is 2.43. The molecule has 2 heterocycles. The SMILES string of the molecule is [3H][C@@H]1CCN(CCN2CCN(CC(O)c3ccc(Cl)cc3)CC2)C1NC(=O)CN(C(=O)c1ccccc1)C(F)(F)F. The van der Waals surface area contributed by atoms with E-state index in [1.165, 1.54) is 24.3 Å². The number of β-amino-alcohol motifs (C(OH)–C–C–N with tert-alkyl or cyclic N) is 1. The summed E-state index contributed by atoms with van der Waals surface area (Å²) in [5.41, 5.74) is 0.643. The number of halogens is 4. The summed E-state index contributed by atoms with van der Waals surface area (Å²) in [7, 11) is 0. The normalized spacial score (nSPS) is 22.1. The minimum absolute atomic E-state index is 0.168. The number of benzene rings is 2. The second-order valence-electron chi connectivity index (χ2n) is 10.0. The molecule has 2 aromatic carbocycles. The third-order valence-electron chi connectivity index (χ3n) is 7.24. The van der Waals surface area contributed by atoms with E-state index in [2.05, 4.69) is 15.1 Å². The van der Waals surface area contributed by atoms with Crippen molar-refractivity contribution in [1.29, 1.82) is 0 Å². The summed E-state index contributed by atoms with van der Waals surface area (Å²) in [6, 6.07) is 14.1. The van der Waals surface area contributed by atoms with E-state index in [-0.39, 0.29) is 5.56 Å². The molecular formula is C28H35ClF3N5O3. The van der Waals surface area contributed by atoms with E-state index in [1.54, 1.807) is 18.2 Å². The van der Waals surface area contributed by atoms with Gasteiger partial charge in [0.25, 0.3) is 5.91 Å². The number of carbonyl (C=O) groups is 2. The number of hydrogen-bond acceptors (Lipinski definition) is 6. The molecule has 0 saturated carbocycles. The molecule has 3 atom stereocenters. The van der Waals surface area contributed by atoms with Gasteiger partial charge in [0.15, 0.2) is 0 Å². The van der Waals surface area contributed by atoms with Crippen LogP contribution in [0.2, 0.25) is 5.02 Å². The summed E-state index contributed by atoms with van der Waals surface area (Å²) in [6.45, 7) is 4.19. The van der Waals surface area contributed by atoms with E-state index in [9.17, 15) is 27.9 Å². The summed E-state index contributed by atoms with van der Waals surface area (Å²) in [4.78, 5) is 31.1. The fourth-order valence-electron chi connectivity index (χ4n) is 4.96. The van der Waals surface area contributed by atoms with Crippen molar-refractivity contribution in [3.05, 3.63) is 70.7 Å². The van der Waals surface area contributed by atoms with Crippen molar-refractivity contribution in [1.82, 2.24) is 24.9 Å². The maximum absolute atomic E-state index is 13.7. The number of carbonyl (C=O) groups excluding carboxylic acids is 2. The quantitative estimate of drug-likeness (QED) is 0.418. The number of aliphatic hydroxyl groups excluding tert-OH is 1. The van der Waals surface area contributed by atoms with Crippen molar-refractivity contribution in [3.8, 4) is 0 Å². The van der Waals surface area contributed by atoms with Crippen LogP contribution in [0.5, 0.6) is 0 Å². The Morgan fingerprint density at radius 3 is 2.33 bits per heavy atom. The molecule has 0 radical (unpaired) electrons. The van der Waals surface area contributed by atoms with Crippen LogP contribution in [0.4, 0.5) is 13.2 Å². The lowest BCUT2D eigenvalue weighted by atomic mass is 10.1. The number of nitrogens with zero attached hydrogens (tertiary/aromatic N) is 4. The van der Waals surface area contributed by atoms with Gasteiger partial charge in [0.1, 0.15) is 6.54 Å². The highest BCUT2D eigenvalue weighted by atomic mass is 35.5. The Bertz CT molecular complexity index is 1150. The minimum Gasteiger partial charge on any atom is -0.387 e. The molecule has 0 aromatic heterocycles. The van der Waals surface area contributed by atoms with Gasteiger partial charge in [-0.2, -0.15) is 0 Å². The number of alkyl halides is 3. The fraction of sp³-hybridized carbons (Fsp3) is 0.500. The molecule has 4 rings (SSSR count). The van der Waals surface area contributed by atoms with E-state index >= 15 is 0 Å². The van der Waals surface area contributed by atoms with E-state index in [0.717, 1.165) is 31.7 Å². The highest BCUT2D eigenvalue weighted by Crippen LogP contribution is 2.24. The monoisotopic (exact) mass is 583 g/mol. The second-order valence-corrected chi connectivity index (χ2v) is 10.4. The first-order chi connectivity index (χ1) is 19.5. The van der Waals surface area contributed by atoms with Gasteiger partial charge >= 0.3 is 6.30 Å². The average molecular weight is 584 g/mol. The number of rotatable bonds is 10. The largest absolute Gasteiger partial charge is 0.487 e. The number of likely N-dealkylation sites (tertiary alicyclic amines) is 1. The van der Waals surface area contributed by atoms with Crippen LogP contribution in [0.15, 0.2) is 54.6 Å². The van der Waals surface area contributed by atoms with Gasteiger partial charge in [-0.1, -0.05) is 41.9 Å². The summed E-state index contributed by atoms with van der Waals surface area (Å²) < 4.78 is 49.3. The van der Waals surface area contributed by atoms with Gasteiger partial charge in [0.05, 0.1) is 12.3 Å². The Morgan fingerprint density at radius 2 is 1.68 bits per heavy atom. The molecule has 2 aromatic rings. The van der Waals surface area contributed by atoms with Crippen molar-refractivity contribution in [2.75, 3.05) is 58.9 Å². The topological polar surface area (TPSA) is 79.4 Å². The van der Waals surface area contributed by atoms with E-state index in [4.69, 9.17) is 13.0 Å². The minimum atomic E-state index is -5.03. The maximum Gasteiger partial charge on any atom is 0.487 e. The van der Waals surface area contributed by atoms with Crippen LogP contribution < -0.4 is 5.32 Å². The van der Waals surface area contributed by atoms with Crippen LogP contribution >= 0.6 is 11.6 Å². The lowest BCUT2D eigenvalue weighted by molar-refractivity contribution is -0.224. The highest BCUT2D eigenvalue weighted by molar-refractivity contribution is 6.30. The van der Waals surface area contributed by atoms with Gasteiger partial charge in [0, 0.05) is 64.3 Å². The van der Waals surface area contributed by atoms with Crippen molar-refractivity contribution in [3.63, 3.8) is 0 Å². The zero-order valence-corrected chi connectivity index (χ0v) is 22.8. The molecule has 0 bridgehead atoms. The first-order valence-electron chi connectivity index (χ1n) is 13.9. The molecule has 2 N–H and O–H groups in total. The average Bonchev–Trinajstić information content (AvgIpc) is 3.29. The zero-order chi connectivity index (χ0) is 29.6. The maximum atomic E-state index is 13.7. The van der Waals surface area contributed by atoms with Gasteiger partial charge in [-0.05, 0) is 42.6 Å². The van der Waals surface area contributed by atoms with E-state index in [1.807, 2.05) is 17.0 Å². The Morgan fingerprint density at radius 1 is 1.02 bits per heavy atom. The van der Waals surface area contributed by atoms with Crippen molar-refractivity contribution < 1.29 is 29.2 Å². The number of hydrogen-bond donors (Lipinski definition) is 2. The first kappa shape index (κ1) is 28.8. The molecule has 0 aliphatic carbocycles. The molecule has 12 heteroatoms. The van der Waals surface area contributed by atoms with Crippen molar-refractivity contribution >= 4 is 23.4 Å². The van der Waals surface area contributed by atoms with Crippen molar-refractivity contribution in [2.24, 2.45) is 0 Å². The zero-order valence-electron chi connectivity index (χ0n) is 23.1. The predicted octanol–water partition coefficient (Wildman–Crippen LogP) is 3.19. The first-order valence-corrected chi connectivity index (χ1v) is 13.7. The Kier molecular flexibility index (Phi) is 9.92. The number of nitrogens with one attached hydrogen (secondary N) is 1. The molecule has 2 aliphatic heterocycles. The van der Waals surface area contributed by atoms with Crippen LogP contribution in [0, 0.1) is 0 Å². The summed E-state index contributed by atoms with van der Waals surface area (Å²) >= 11 is 5.92. The van der Waals surface area contributed by atoms with Gasteiger partial charge in [-0.15, -0.1) is 13.2 Å². The molecule has 40 heavy (non-hydrogen) atoms. The third-order valence-corrected chi connectivity index (χ3v) is 7.49. The third kappa shape index (κ3) is 8.40. The molecule has 2 amide bonds. The molecule has 218 valence electrons. The summed E-state index contributed by atoms with van der Waals surface area (Å²) in [5, 5.41) is 13.7. The standard InChI is InChI=1S/C28H35ClF3N5O3/c29-23-10-8-21(9-11-23)24(38)19-35-15-13-34(14-16-35)17-18-36-12-4-7-25(36)33-26(39)20-37(28(30,31)32)27(40)22-5-2-1-3-6-22/h1-3,5-6,8-11,24-25,38H,4,7,12-20H2,(H,33,39)/i7T/t7-,24?,25?/m1/s1. The smallest absolute Gasteiger partial charge is 0.387 e. The molecule has 2 saturated heterocycles. The molecular weight excluding hydrogens is 547 g/mol.